The summed E-state index contributed by atoms with van der Waals surface area (Å²) in [6.45, 7) is 2.61. The smallest absolute Gasteiger partial charge is 0.326 e. The number of piperidine rings is 2. The maximum atomic E-state index is 12.6. The van der Waals surface area contributed by atoms with Crippen LogP contribution in [0.15, 0.2) is 0 Å². The van der Waals surface area contributed by atoms with Gasteiger partial charge in [0.2, 0.25) is 5.91 Å². The van der Waals surface area contributed by atoms with E-state index < -0.39 is 12.0 Å². The van der Waals surface area contributed by atoms with Gasteiger partial charge in [0.1, 0.15) is 6.04 Å². The summed E-state index contributed by atoms with van der Waals surface area (Å²) in [5.74, 6) is -0.642. The molecule has 1 saturated carbocycles. The Kier molecular flexibility index (Phi) is 3.25. The molecule has 3 aliphatic rings. The lowest BCUT2D eigenvalue weighted by Gasteiger charge is -2.34. The van der Waals surface area contributed by atoms with Crippen molar-refractivity contribution in [1.82, 2.24) is 10.2 Å². The molecule has 2 atom stereocenters. The quantitative estimate of drug-likeness (QED) is 0.777. The van der Waals surface area contributed by atoms with Gasteiger partial charge in [-0.25, -0.2) is 4.79 Å². The maximum absolute atomic E-state index is 12.6. The summed E-state index contributed by atoms with van der Waals surface area (Å²) in [6.07, 6.45) is 5.57. The second kappa shape index (κ2) is 4.78. The van der Waals surface area contributed by atoms with E-state index in [1.807, 2.05) is 0 Å². The molecule has 2 saturated heterocycles. The number of nitrogens with one attached hydrogen (secondary N) is 1. The third-order valence-corrected chi connectivity index (χ3v) is 5.16. The molecule has 3 rings (SSSR count). The Morgan fingerprint density at radius 1 is 1.21 bits per heavy atom. The molecule has 1 unspecified atom stereocenters. The van der Waals surface area contributed by atoms with Gasteiger partial charge < -0.3 is 15.3 Å². The lowest BCUT2D eigenvalue weighted by atomic mass is 9.91. The van der Waals surface area contributed by atoms with Gasteiger partial charge in [-0.3, -0.25) is 4.79 Å². The van der Waals surface area contributed by atoms with Crippen molar-refractivity contribution in [2.75, 3.05) is 19.6 Å². The van der Waals surface area contributed by atoms with Crippen LogP contribution in [0, 0.1) is 11.3 Å². The van der Waals surface area contributed by atoms with Gasteiger partial charge in [-0.1, -0.05) is 0 Å². The minimum absolute atomic E-state index is 0.0922. The molecular weight excluding hydrogens is 244 g/mol. The van der Waals surface area contributed by atoms with Crippen LogP contribution < -0.4 is 5.32 Å². The zero-order valence-electron chi connectivity index (χ0n) is 11.2. The van der Waals surface area contributed by atoms with Crippen LogP contribution >= 0.6 is 0 Å². The highest BCUT2D eigenvalue weighted by atomic mass is 16.4. The van der Waals surface area contributed by atoms with E-state index in [1.165, 1.54) is 0 Å². The van der Waals surface area contributed by atoms with E-state index in [0.717, 1.165) is 45.2 Å². The van der Waals surface area contributed by atoms with E-state index in [2.05, 4.69) is 5.32 Å². The van der Waals surface area contributed by atoms with Crippen LogP contribution in [0.25, 0.3) is 0 Å². The van der Waals surface area contributed by atoms with Crippen molar-refractivity contribution in [3.63, 3.8) is 0 Å². The summed E-state index contributed by atoms with van der Waals surface area (Å²) in [4.78, 5) is 25.5. The molecule has 0 aromatic heterocycles. The third kappa shape index (κ3) is 2.24. The van der Waals surface area contributed by atoms with Crippen molar-refractivity contribution in [2.24, 2.45) is 11.3 Å². The molecular formula is C14H22N2O3. The molecule has 2 aliphatic heterocycles. The summed E-state index contributed by atoms with van der Waals surface area (Å²) in [5, 5.41) is 12.6. The Morgan fingerprint density at radius 3 is 2.63 bits per heavy atom. The normalized spacial score (nSPS) is 33.2. The molecule has 0 radical (unpaired) electrons. The highest BCUT2D eigenvalue weighted by molar-refractivity contribution is 5.87. The van der Waals surface area contributed by atoms with Gasteiger partial charge in [-0.05, 0) is 57.0 Å². The van der Waals surface area contributed by atoms with Crippen LogP contribution in [0.3, 0.4) is 0 Å². The van der Waals surface area contributed by atoms with Crippen LogP contribution in [0.2, 0.25) is 0 Å². The SMILES string of the molecule is O=C(O)[C@@H]1CCCCN1C(=O)C1CC12CCNCC2. The van der Waals surface area contributed by atoms with E-state index in [-0.39, 0.29) is 17.2 Å². The second-order valence-electron chi connectivity index (χ2n) is 6.25. The average Bonchev–Trinajstić information content (AvgIpc) is 3.12. The Labute approximate surface area is 113 Å². The molecule has 19 heavy (non-hydrogen) atoms. The average molecular weight is 266 g/mol. The zero-order valence-corrected chi connectivity index (χ0v) is 11.2. The molecule has 5 nitrogen and oxygen atoms in total. The van der Waals surface area contributed by atoms with E-state index in [0.29, 0.717) is 13.0 Å². The van der Waals surface area contributed by atoms with E-state index in [9.17, 15) is 14.7 Å². The van der Waals surface area contributed by atoms with Crippen LogP contribution in [-0.4, -0.2) is 47.6 Å². The predicted molar refractivity (Wildman–Crippen MR) is 69.6 cm³/mol. The number of aliphatic carboxylic acids is 1. The van der Waals surface area contributed by atoms with Crippen molar-refractivity contribution in [2.45, 2.75) is 44.6 Å². The summed E-state index contributed by atoms with van der Waals surface area (Å²) in [5.41, 5.74) is 0.197. The summed E-state index contributed by atoms with van der Waals surface area (Å²) < 4.78 is 0. The monoisotopic (exact) mass is 266 g/mol. The van der Waals surface area contributed by atoms with Crippen molar-refractivity contribution >= 4 is 11.9 Å². The fourth-order valence-electron chi connectivity index (χ4n) is 3.83. The minimum atomic E-state index is -0.840. The van der Waals surface area contributed by atoms with Gasteiger partial charge in [0.25, 0.3) is 0 Å². The first-order valence-corrected chi connectivity index (χ1v) is 7.38. The first kappa shape index (κ1) is 12.9. The minimum Gasteiger partial charge on any atom is -0.480 e. The van der Waals surface area contributed by atoms with Crippen molar-refractivity contribution in [1.29, 1.82) is 0 Å². The molecule has 3 fully saturated rings. The number of likely N-dealkylation sites (tertiary alicyclic amines) is 1. The number of amides is 1. The van der Waals surface area contributed by atoms with Crippen LogP contribution in [0.5, 0.6) is 0 Å². The fraction of sp³-hybridized carbons (Fsp3) is 0.857. The second-order valence-corrected chi connectivity index (χ2v) is 6.25. The van der Waals surface area contributed by atoms with Gasteiger partial charge in [-0.2, -0.15) is 0 Å². The molecule has 2 N–H and O–H groups in total. The Balaban J connectivity index is 1.68. The maximum Gasteiger partial charge on any atom is 0.326 e. The standard InChI is InChI=1S/C14H22N2O3/c17-12(10-9-14(10)4-6-15-7-5-14)16-8-2-1-3-11(16)13(18)19/h10-11,15H,1-9H2,(H,18,19)/t10?,11-/m0/s1. The third-order valence-electron chi connectivity index (χ3n) is 5.16. The highest BCUT2D eigenvalue weighted by Crippen LogP contribution is 2.59. The Morgan fingerprint density at radius 2 is 1.95 bits per heavy atom. The molecule has 0 bridgehead atoms. The van der Waals surface area contributed by atoms with Gasteiger partial charge in [0.15, 0.2) is 0 Å². The number of nitrogens with zero attached hydrogens (tertiary/aromatic N) is 1. The molecule has 5 heteroatoms. The number of carbonyl (C=O) groups excluding carboxylic acids is 1. The van der Waals surface area contributed by atoms with Gasteiger partial charge >= 0.3 is 5.97 Å². The molecule has 1 aliphatic carbocycles. The Hall–Kier alpha value is -1.10. The number of carbonyl (C=O) groups is 2. The largest absolute Gasteiger partial charge is 0.480 e. The predicted octanol–water partition coefficient (Wildman–Crippen LogP) is 0.842. The highest BCUT2D eigenvalue weighted by Gasteiger charge is 2.59. The van der Waals surface area contributed by atoms with E-state index in [4.69, 9.17) is 0 Å². The summed E-state index contributed by atoms with van der Waals surface area (Å²) >= 11 is 0. The lowest BCUT2D eigenvalue weighted by Crippen LogP contribution is -2.49. The number of rotatable bonds is 2. The first-order chi connectivity index (χ1) is 9.14. The van der Waals surface area contributed by atoms with E-state index in [1.54, 1.807) is 4.90 Å². The lowest BCUT2D eigenvalue weighted by molar-refractivity contribution is -0.153. The molecule has 0 aromatic carbocycles. The van der Waals surface area contributed by atoms with Crippen LogP contribution in [0.4, 0.5) is 0 Å². The van der Waals surface area contributed by atoms with Crippen molar-refractivity contribution < 1.29 is 14.7 Å². The van der Waals surface area contributed by atoms with E-state index >= 15 is 0 Å². The molecule has 0 aromatic rings. The van der Waals surface area contributed by atoms with Crippen LogP contribution in [0.1, 0.15) is 38.5 Å². The molecule has 1 spiro atoms. The van der Waals surface area contributed by atoms with Crippen molar-refractivity contribution in [3.8, 4) is 0 Å². The fourth-order valence-corrected chi connectivity index (χ4v) is 3.83. The van der Waals surface area contributed by atoms with Crippen molar-refractivity contribution in [3.05, 3.63) is 0 Å². The first-order valence-electron chi connectivity index (χ1n) is 7.38. The summed E-state index contributed by atoms with van der Waals surface area (Å²) in [7, 11) is 0. The zero-order chi connectivity index (χ0) is 13.5. The molecule has 2 heterocycles. The summed E-state index contributed by atoms with van der Waals surface area (Å²) in [6, 6.07) is -0.583. The Bertz CT molecular complexity index is 390. The van der Waals surface area contributed by atoms with Gasteiger partial charge in [-0.15, -0.1) is 0 Å². The molecule has 1 amide bonds. The van der Waals surface area contributed by atoms with Gasteiger partial charge in [0.05, 0.1) is 0 Å². The van der Waals surface area contributed by atoms with Gasteiger partial charge in [0, 0.05) is 12.5 Å². The number of carboxylic acid groups (broad SMARTS) is 1. The number of hydrogen-bond acceptors (Lipinski definition) is 3. The number of hydrogen-bond donors (Lipinski definition) is 2. The molecule has 106 valence electrons. The number of carboxylic acids is 1. The van der Waals surface area contributed by atoms with Crippen LogP contribution in [-0.2, 0) is 9.59 Å². The topological polar surface area (TPSA) is 69.6 Å².